The van der Waals surface area contributed by atoms with E-state index in [1.807, 2.05) is 0 Å². The fraction of sp³-hybridized carbons (Fsp3) is 1.00. The van der Waals surface area contributed by atoms with Gasteiger partial charge in [0.2, 0.25) is 0 Å². The molecule has 0 atom stereocenters. The molecule has 7 heteroatoms. The highest BCUT2D eigenvalue weighted by molar-refractivity contribution is 6.69. The van der Waals surface area contributed by atoms with Crippen LogP contribution in [0.3, 0.4) is 0 Å². The third-order valence-corrected chi connectivity index (χ3v) is 3.38. The predicted molar refractivity (Wildman–Crippen MR) is 84.5 cm³/mol. The van der Waals surface area contributed by atoms with Crippen molar-refractivity contribution in [2.45, 2.75) is 19.6 Å². The molecule has 0 heterocycles. The fourth-order valence-corrected chi connectivity index (χ4v) is 2.01. The number of rotatable bonds is 16. The number of methoxy groups -OCH3 is 1. The summed E-state index contributed by atoms with van der Waals surface area (Å²) in [5, 5.41) is 0. The average Bonchev–Trinajstić information content (AvgIpc) is 2.42. The van der Waals surface area contributed by atoms with Crippen LogP contribution in [0.4, 0.5) is 0 Å². The van der Waals surface area contributed by atoms with Gasteiger partial charge >= 0.3 is 0 Å². The highest BCUT2D eigenvalue weighted by Crippen LogP contribution is 2.01. The molecule has 0 aromatic carbocycles. The van der Waals surface area contributed by atoms with Gasteiger partial charge in [0.15, 0.2) is 8.32 Å². The molecular formula is C14H32O6Si. The number of hydrogen-bond donors (Lipinski definition) is 0. The molecule has 0 spiro atoms. The summed E-state index contributed by atoms with van der Waals surface area (Å²) in [6.07, 6.45) is 0. The second kappa shape index (κ2) is 14.9. The summed E-state index contributed by atoms with van der Waals surface area (Å²) in [6.45, 7) is 12.5. The van der Waals surface area contributed by atoms with Crippen molar-refractivity contribution in [1.29, 1.82) is 0 Å². The summed E-state index contributed by atoms with van der Waals surface area (Å²) in [6, 6.07) is 0. The highest BCUT2D eigenvalue weighted by Gasteiger charge is 2.12. The molecule has 0 aromatic heterocycles. The van der Waals surface area contributed by atoms with Gasteiger partial charge in [-0.15, -0.1) is 0 Å². The van der Waals surface area contributed by atoms with E-state index in [4.69, 9.17) is 28.1 Å². The number of ether oxygens (including phenoxy) is 5. The van der Waals surface area contributed by atoms with Gasteiger partial charge in [-0.25, -0.2) is 0 Å². The smallest absolute Gasteiger partial charge is 0.183 e. The third-order valence-electron chi connectivity index (χ3n) is 2.31. The van der Waals surface area contributed by atoms with E-state index in [0.29, 0.717) is 66.1 Å². The zero-order valence-electron chi connectivity index (χ0n) is 14.0. The van der Waals surface area contributed by atoms with Gasteiger partial charge in [-0.05, 0) is 19.6 Å². The zero-order valence-corrected chi connectivity index (χ0v) is 15.0. The summed E-state index contributed by atoms with van der Waals surface area (Å²) in [4.78, 5) is 0. The Balaban J connectivity index is 3.00. The minimum absolute atomic E-state index is 0.576. The quantitative estimate of drug-likeness (QED) is 0.317. The van der Waals surface area contributed by atoms with Crippen LogP contribution in [0, 0.1) is 0 Å². The van der Waals surface area contributed by atoms with E-state index >= 15 is 0 Å². The molecule has 128 valence electrons. The van der Waals surface area contributed by atoms with Crippen LogP contribution in [0.25, 0.3) is 0 Å². The first-order valence-electron chi connectivity index (χ1n) is 7.50. The Morgan fingerprint density at radius 3 is 1.19 bits per heavy atom. The molecular weight excluding hydrogens is 292 g/mol. The lowest BCUT2D eigenvalue weighted by Crippen LogP contribution is -2.27. The van der Waals surface area contributed by atoms with Crippen LogP contribution in [-0.2, 0) is 28.1 Å². The van der Waals surface area contributed by atoms with Crippen LogP contribution in [0.1, 0.15) is 0 Å². The fourth-order valence-electron chi connectivity index (χ4n) is 1.31. The first-order chi connectivity index (χ1) is 10.1. The largest absolute Gasteiger partial charge is 0.415 e. The van der Waals surface area contributed by atoms with E-state index in [1.165, 1.54) is 0 Å². The van der Waals surface area contributed by atoms with Crippen molar-refractivity contribution < 1.29 is 28.1 Å². The SMILES string of the molecule is COCCOCCOCCOCCOCCO[Si](C)(C)C. The molecule has 0 rings (SSSR count). The molecule has 0 aromatic rings. The van der Waals surface area contributed by atoms with Crippen LogP contribution in [-0.4, -0.2) is 81.5 Å². The molecule has 0 fully saturated rings. The van der Waals surface area contributed by atoms with Crippen molar-refractivity contribution in [2.24, 2.45) is 0 Å². The van der Waals surface area contributed by atoms with Crippen molar-refractivity contribution >= 4 is 8.32 Å². The Morgan fingerprint density at radius 1 is 0.524 bits per heavy atom. The molecule has 0 aliphatic carbocycles. The first-order valence-corrected chi connectivity index (χ1v) is 10.9. The van der Waals surface area contributed by atoms with E-state index < -0.39 is 8.32 Å². The van der Waals surface area contributed by atoms with Gasteiger partial charge in [0, 0.05) is 7.11 Å². The van der Waals surface area contributed by atoms with Gasteiger partial charge in [-0.2, -0.15) is 0 Å². The van der Waals surface area contributed by atoms with Crippen LogP contribution in [0.2, 0.25) is 19.6 Å². The minimum Gasteiger partial charge on any atom is -0.415 e. The normalized spacial score (nSPS) is 12.0. The van der Waals surface area contributed by atoms with Gasteiger partial charge in [-0.1, -0.05) is 0 Å². The molecule has 21 heavy (non-hydrogen) atoms. The molecule has 6 nitrogen and oxygen atoms in total. The van der Waals surface area contributed by atoms with Gasteiger partial charge in [-0.3, -0.25) is 0 Å². The maximum atomic E-state index is 5.67. The topological polar surface area (TPSA) is 55.4 Å². The molecule has 0 saturated carbocycles. The lowest BCUT2D eigenvalue weighted by Gasteiger charge is -2.16. The maximum Gasteiger partial charge on any atom is 0.183 e. The lowest BCUT2D eigenvalue weighted by atomic mass is 10.7. The Bertz CT molecular complexity index is 210. The van der Waals surface area contributed by atoms with Crippen molar-refractivity contribution in [3.05, 3.63) is 0 Å². The lowest BCUT2D eigenvalue weighted by molar-refractivity contribution is -0.00997. The van der Waals surface area contributed by atoms with Crippen molar-refractivity contribution in [1.82, 2.24) is 0 Å². The summed E-state index contributed by atoms with van der Waals surface area (Å²) in [7, 11) is 0.246. The van der Waals surface area contributed by atoms with Gasteiger partial charge in [0.05, 0.1) is 66.1 Å². The third kappa shape index (κ3) is 20.0. The molecule has 0 bridgehead atoms. The summed E-state index contributed by atoms with van der Waals surface area (Å²) < 4.78 is 31.9. The van der Waals surface area contributed by atoms with Crippen LogP contribution in [0.15, 0.2) is 0 Å². The van der Waals surface area contributed by atoms with Crippen LogP contribution in [0.5, 0.6) is 0 Å². The highest BCUT2D eigenvalue weighted by atomic mass is 28.4. The summed E-state index contributed by atoms with van der Waals surface area (Å²) in [5.41, 5.74) is 0. The average molecular weight is 324 g/mol. The predicted octanol–water partition coefficient (Wildman–Crippen LogP) is 1.55. The van der Waals surface area contributed by atoms with E-state index in [0.717, 1.165) is 0 Å². The Morgan fingerprint density at radius 2 is 0.857 bits per heavy atom. The minimum atomic E-state index is -1.41. The second-order valence-corrected chi connectivity index (χ2v) is 9.92. The second-order valence-electron chi connectivity index (χ2n) is 5.40. The molecule has 0 aliphatic rings. The Kier molecular flexibility index (Phi) is 14.9. The van der Waals surface area contributed by atoms with Crippen molar-refractivity contribution in [3.8, 4) is 0 Å². The van der Waals surface area contributed by atoms with E-state index in [1.54, 1.807) is 7.11 Å². The van der Waals surface area contributed by atoms with E-state index in [2.05, 4.69) is 19.6 Å². The van der Waals surface area contributed by atoms with Gasteiger partial charge in [0.25, 0.3) is 0 Å². The molecule has 0 radical (unpaired) electrons. The van der Waals surface area contributed by atoms with Crippen molar-refractivity contribution in [2.75, 3.05) is 73.2 Å². The molecule has 0 saturated heterocycles. The van der Waals surface area contributed by atoms with Crippen LogP contribution < -0.4 is 0 Å². The standard InChI is InChI=1S/C14H32O6Si/c1-15-5-6-16-7-8-17-9-10-18-11-12-19-13-14-20-21(2,3)4/h5-14H2,1-4H3. The summed E-state index contributed by atoms with van der Waals surface area (Å²) >= 11 is 0. The molecule has 0 unspecified atom stereocenters. The maximum absolute atomic E-state index is 5.67. The zero-order chi connectivity index (χ0) is 15.8. The number of hydrogen-bond acceptors (Lipinski definition) is 6. The van der Waals surface area contributed by atoms with Gasteiger partial charge in [0.1, 0.15) is 0 Å². The molecule has 0 amide bonds. The van der Waals surface area contributed by atoms with E-state index in [-0.39, 0.29) is 0 Å². The monoisotopic (exact) mass is 324 g/mol. The molecule has 0 aliphatic heterocycles. The Hall–Kier alpha value is -0.0231. The van der Waals surface area contributed by atoms with Crippen LogP contribution >= 0.6 is 0 Å². The van der Waals surface area contributed by atoms with Crippen molar-refractivity contribution in [3.63, 3.8) is 0 Å². The summed E-state index contributed by atoms with van der Waals surface area (Å²) in [5.74, 6) is 0. The first kappa shape index (κ1) is 21.0. The van der Waals surface area contributed by atoms with E-state index in [9.17, 15) is 0 Å². The van der Waals surface area contributed by atoms with Gasteiger partial charge < -0.3 is 28.1 Å². The molecule has 0 N–H and O–H groups in total. The Labute approximate surface area is 130 Å².